The first-order valence-corrected chi connectivity index (χ1v) is 12.4. The van der Waals surface area contributed by atoms with Crippen LogP contribution in [0.2, 0.25) is 0 Å². The van der Waals surface area contributed by atoms with Crippen LogP contribution in [0.1, 0.15) is 85.1 Å². The second-order valence-corrected chi connectivity index (χ2v) is 7.63. The van der Waals surface area contributed by atoms with Crippen LogP contribution >= 0.6 is 0 Å². The van der Waals surface area contributed by atoms with Crippen molar-refractivity contribution < 1.29 is 14.3 Å². The topological polar surface area (TPSA) is 65.7 Å². The molecule has 0 aromatic heterocycles. The van der Waals surface area contributed by atoms with Crippen LogP contribution in [0, 0.1) is 5.92 Å². The van der Waals surface area contributed by atoms with E-state index in [1.165, 1.54) is 50.6 Å². The van der Waals surface area contributed by atoms with Crippen molar-refractivity contribution in [2.75, 3.05) is 39.5 Å². The molecule has 1 saturated heterocycles. The van der Waals surface area contributed by atoms with Crippen LogP contribution in [0.4, 0.5) is 0 Å². The largest absolute Gasteiger partial charge is 0.381 e. The summed E-state index contributed by atoms with van der Waals surface area (Å²) in [7, 11) is 0. The molecule has 0 saturated carbocycles. The summed E-state index contributed by atoms with van der Waals surface area (Å²) < 4.78 is 10.7. The molecule has 5 nitrogen and oxygen atoms in total. The molecule has 1 aliphatic rings. The molecule has 2 rings (SSSR count). The zero-order valence-electron chi connectivity index (χ0n) is 21.2. The maximum absolute atomic E-state index is 5.46. The van der Waals surface area contributed by atoms with Gasteiger partial charge in [0, 0.05) is 19.8 Å². The highest BCUT2D eigenvalue weighted by molar-refractivity contribution is 5.13. The summed E-state index contributed by atoms with van der Waals surface area (Å²) in [6.45, 7) is 17.1. The Kier molecular flexibility index (Phi) is 30.1. The fourth-order valence-electron chi connectivity index (χ4n) is 2.36. The average Bonchev–Trinajstić information content (AvgIpc) is 3.35. The van der Waals surface area contributed by atoms with E-state index in [1.54, 1.807) is 0 Å². The maximum Gasteiger partial charge on any atom is 0.0716 e. The molecular weight excluding hydrogens is 388 g/mol. The van der Waals surface area contributed by atoms with E-state index >= 15 is 0 Å². The van der Waals surface area contributed by atoms with Crippen LogP contribution in [-0.2, 0) is 20.9 Å². The number of nitrogens with one attached hydrogen (secondary N) is 1. The van der Waals surface area contributed by atoms with Crippen LogP contribution < -0.4 is 11.2 Å². The molecular formula is C26H52N2O3. The first-order chi connectivity index (χ1) is 15.2. The minimum atomic E-state index is 0.597. The molecule has 5 heteroatoms. The van der Waals surface area contributed by atoms with E-state index in [9.17, 15) is 0 Å². The van der Waals surface area contributed by atoms with Gasteiger partial charge in [0.05, 0.1) is 19.8 Å². The minimum absolute atomic E-state index is 0.597. The van der Waals surface area contributed by atoms with Crippen molar-refractivity contribution in [3.8, 4) is 0 Å². The van der Waals surface area contributed by atoms with Gasteiger partial charge in [-0.2, -0.15) is 0 Å². The molecule has 1 fully saturated rings. The third kappa shape index (κ3) is 27.0. The van der Waals surface area contributed by atoms with Gasteiger partial charge in [-0.1, -0.05) is 83.7 Å². The lowest BCUT2D eigenvalue weighted by Gasteiger charge is -2.07. The summed E-state index contributed by atoms with van der Waals surface area (Å²) >= 11 is 0. The quantitative estimate of drug-likeness (QED) is 0.303. The molecule has 184 valence electrons. The molecule has 1 atom stereocenters. The Bertz CT molecular complexity index is 404. The van der Waals surface area contributed by atoms with Crippen LogP contribution in [0.3, 0.4) is 0 Å². The van der Waals surface area contributed by atoms with Crippen molar-refractivity contribution in [1.82, 2.24) is 5.32 Å². The second-order valence-electron chi connectivity index (χ2n) is 7.63. The maximum atomic E-state index is 5.46. The van der Waals surface area contributed by atoms with Crippen LogP contribution in [0.5, 0.6) is 0 Å². The fraction of sp³-hybridized carbons (Fsp3) is 0.769. The molecule has 1 heterocycles. The number of unbranched alkanes of at least 4 members (excludes halogenated alkanes) is 3. The zero-order chi connectivity index (χ0) is 23.4. The predicted molar refractivity (Wildman–Crippen MR) is 134 cm³/mol. The van der Waals surface area contributed by atoms with E-state index in [-0.39, 0.29) is 0 Å². The second kappa shape index (κ2) is 29.0. The van der Waals surface area contributed by atoms with Gasteiger partial charge in [-0.25, -0.2) is 5.90 Å². The molecule has 0 aliphatic carbocycles. The van der Waals surface area contributed by atoms with Gasteiger partial charge in [0.1, 0.15) is 0 Å². The van der Waals surface area contributed by atoms with Gasteiger partial charge in [0.2, 0.25) is 0 Å². The van der Waals surface area contributed by atoms with Crippen molar-refractivity contribution in [2.24, 2.45) is 11.8 Å². The SMILES string of the molecule is CCCC.CCCCNCC1CCOC1.CCCCOCc1ccccc1.CCON. The molecule has 0 radical (unpaired) electrons. The zero-order valence-corrected chi connectivity index (χ0v) is 21.2. The lowest BCUT2D eigenvalue weighted by Crippen LogP contribution is -2.23. The summed E-state index contributed by atoms with van der Waals surface area (Å²) in [5, 5.41) is 3.45. The van der Waals surface area contributed by atoms with Crippen LogP contribution in [0.25, 0.3) is 0 Å². The van der Waals surface area contributed by atoms with E-state index in [1.807, 2.05) is 25.1 Å². The van der Waals surface area contributed by atoms with Crippen molar-refractivity contribution >= 4 is 0 Å². The van der Waals surface area contributed by atoms with Gasteiger partial charge in [0.15, 0.2) is 0 Å². The Morgan fingerprint density at radius 1 is 0.968 bits per heavy atom. The highest BCUT2D eigenvalue weighted by Gasteiger charge is 2.14. The number of hydrogen-bond acceptors (Lipinski definition) is 5. The van der Waals surface area contributed by atoms with Crippen molar-refractivity contribution in [1.29, 1.82) is 0 Å². The Hall–Kier alpha value is -0.980. The van der Waals surface area contributed by atoms with Gasteiger partial charge in [0.25, 0.3) is 0 Å². The smallest absolute Gasteiger partial charge is 0.0716 e. The summed E-state index contributed by atoms with van der Waals surface area (Å²) in [6, 6.07) is 10.3. The molecule has 0 amide bonds. The molecule has 31 heavy (non-hydrogen) atoms. The first-order valence-electron chi connectivity index (χ1n) is 12.4. The molecule has 1 unspecified atom stereocenters. The third-order valence-electron chi connectivity index (χ3n) is 4.58. The molecule has 1 aliphatic heterocycles. The number of nitrogens with two attached hydrogens (primary N) is 1. The summed E-state index contributed by atoms with van der Waals surface area (Å²) in [5.41, 5.74) is 1.26. The lowest BCUT2D eigenvalue weighted by molar-refractivity contribution is 0.118. The predicted octanol–water partition coefficient (Wildman–Crippen LogP) is 6.12. The van der Waals surface area contributed by atoms with Crippen LogP contribution in [-0.4, -0.2) is 39.5 Å². The van der Waals surface area contributed by atoms with E-state index in [2.05, 4.69) is 55.9 Å². The van der Waals surface area contributed by atoms with E-state index < -0.39 is 0 Å². The molecule has 3 N–H and O–H groups in total. The summed E-state index contributed by atoms with van der Waals surface area (Å²) in [4.78, 5) is 4.04. The van der Waals surface area contributed by atoms with Gasteiger partial charge >= 0.3 is 0 Å². The Balaban J connectivity index is 0. The summed E-state index contributed by atoms with van der Waals surface area (Å²) in [5.74, 6) is 5.31. The van der Waals surface area contributed by atoms with Crippen molar-refractivity contribution in [3.63, 3.8) is 0 Å². The van der Waals surface area contributed by atoms with Gasteiger partial charge in [-0.05, 0) is 44.2 Å². The van der Waals surface area contributed by atoms with Crippen LogP contribution in [0.15, 0.2) is 30.3 Å². The standard InChI is InChI=1S/C11H16O.C9H19NO.C4H10.C2H7NO/c1-2-3-9-12-10-11-7-5-4-6-8-11;1-2-3-5-10-7-9-4-6-11-8-9;1-3-4-2;1-2-4-3/h4-8H,2-3,9-10H2,1H3;9-10H,2-8H2,1H3;3-4H2,1-2H3;2-3H2,1H3. The minimum Gasteiger partial charge on any atom is -0.381 e. The van der Waals surface area contributed by atoms with E-state index in [0.717, 1.165) is 45.3 Å². The number of benzene rings is 1. The summed E-state index contributed by atoms with van der Waals surface area (Å²) in [6.07, 6.45) is 8.84. The van der Waals surface area contributed by atoms with Gasteiger partial charge in [-0.3, -0.25) is 0 Å². The van der Waals surface area contributed by atoms with Gasteiger partial charge < -0.3 is 19.6 Å². The molecule has 1 aromatic carbocycles. The Morgan fingerprint density at radius 2 is 1.61 bits per heavy atom. The van der Waals surface area contributed by atoms with Gasteiger partial charge in [-0.15, -0.1) is 0 Å². The highest BCUT2D eigenvalue weighted by atomic mass is 16.6. The average molecular weight is 441 g/mol. The van der Waals surface area contributed by atoms with E-state index in [4.69, 9.17) is 9.47 Å². The first kappa shape index (κ1) is 32.2. The van der Waals surface area contributed by atoms with Crippen molar-refractivity contribution in [3.05, 3.63) is 35.9 Å². The number of ether oxygens (including phenoxy) is 2. The molecule has 0 bridgehead atoms. The number of rotatable bonds is 12. The fourth-order valence-corrected chi connectivity index (χ4v) is 2.36. The number of hydrogen-bond donors (Lipinski definition) is 2. The Morgan fingerprint density at radius 3 is 2.10 bits per heavy atom. The molecule has 0 spiro atoms. The third-order valence-corrected chi connectivity index (χ3v) is 4.58. The lowest BCUT2D eigenvalue weighted by atomic mass is 10.1. The van der Waals surface area contributed by atoms with Crippen molar-refractivity contribution in [2.45, 2.75) is 86.2 Å². The molecule has 1 aromatic rings. The highest BCUT2D eigenvalue weighted by Crippen LogP contribution is 2.10. The monoisotopic (exact) mass is 440 g/mol. The van der Waals surface area contributed by atoms with E-state index in [0.29, 0.717) is 6.61 Å². The Labute approximate surface area is 193 Å². The normalized spacial score (nSPS) is 14.5.